The summed E-state index contributed by atoms with van der Waals surface area (Å²) in [6, 6.07) is 9.23. The molecule has 5 nitrogen and oxygen atoms in total. The number of hydrogen-bond acceptors (Lipinski definition) is 3. The van der Waals surface area contributed by atoms with Gasteiger partial charge in [0.05, 0.1) is 0 Å². The molecule has 1 aromatic carbocycles. The lowest BCUT2D eigenvalue weighted by molar-refractivity contribution is 0.137. The van der Waals surface area contributed by atoms with Crippen molar-refractivity contribution < 1.29 is 19.0 Å². The van der Waals surface area contributed by atoms with E-state index in [1.165, 1.54) is 6.66 Å². The lowest BCUT2D eigenvalue weighted by atomic mass is 10.2. The van der Waals surface area contributed by atoms with E-state index < -0.39 is 19.2 Å². The predicted octanol–water partition coefficient (Wildman–Crippen LogP) is 2.55. The molecule has 0 bridgehead atoms. The highest BCUT2D eigenvalue weighted by atomic mass is 31.2. The second-order valence-corrected chi connectivity index (χ2v) is 6.58. The first-order valence-corrected chi connectivity index (χ1v) is 7.88. The van der Waals surface area contributed by atoms with E-state index in [0.29, 0.717) is 6.42 Å². The van der Waals surface area contributed by atoms with Gasteiger partial charge < -0.3 is 14.9 Å². The van der Waals surface area contributed by atoms with Crippen LogP contribution in [0.1, 0.15) is 18.9 Å². The van der Waals surface area contributed by atoms with Crippen LogP contribution in [0.3, 0.4) is 0 Å². The van der Waals surface area contributed by atoms with E-state index in [-0.39, 0.29) is 6.61 Å². The third kappa shape index (κ3) is 4.90. The number of carbonyl (C=O) groups excluding carboxylic acids is 1. The SMILES string of the molecule is CCC(NC(=O)OCc1ccccc1)P(C)(=O)O. The molecule has 0 aliphatic heterocycles. The van der Waals surface area contributed by atoms with E-state index in [4.69, 9.17) is 4.74 Å². The average Bonchev–Trinajstić information content (AvgIpc) is 2.33. The van der Waals surface area contributed by atoms with Crippen molar-refractivity contribution in [2.45, 2.75) is 25.7 Å². The highest BCUT2D eigenvalue weighted by molar-refractivity contribution is 7.57. The monoisotopic (exact) mass is 271 g/mol. The van der Waals surface area contributed by atoms with Crippen LogP contribution in [0, 0.1) is 0 Å². The van der Waals surface area contributed by atoms with Crippen LogP contribution in [-0.2, 0) is 15.9 Å². The standard InChI is InChI=1S/C12H18NO4P/c1-3-11(18(2,15)16)13-12(14)17-9-10-7-5-4-6-8-10/h4-8,11H,3,9H2,1-2H3,(H,13,14)(H,15,16). The maximum atomic E-state index is 11.5. The molecule has 0 aromatic heterocycles. The fourth-order valence-corrected chi connectivity index (χ4v) is 2.48. The summed E-state index contributed by atoms with van der Waals surface area (Å²) in [5.74, 6) is -0.763. The minimum absolute atomic E-state index is 0.141. The van der Waals surface area contributed by atoms with E-state index >= 15 is 0 Å². The molecule has 100 valence electrons. The molecule has 0 fully saturated rings. The van der Waals surface area contributed by atoms with Crippen molar-refractivity contribution in [3.8, 4) is 0 Å². The zero-order valence-corrected chi connectivity index (χ0v) is 11.4. The average molecular weight is 271 g/mol. The summed E-state index contributed by atoms with van der Waals surface area (Å²) >= 11 is 0. The molecule has 0 radical (unpaired) electrons. The van der Waals surface area contributed by atoms with Gasteiger partial charge in [-0.15, -0.1) is 0 Å². The maximum Gasteiger partial charge on any atom is 0.408 e. The number of ether oxygens (including phenoxy) is 1. The van der Waals surface area contributed by atoms with Crippen molar-refractivity contribution in [3.05, 3.63) is 35.9 Å². The van der Waals surface area contributed by atoms with Gasteiger partial charge in [0.15, 0.2) is 0 Å². The van der Waals surface area contributed by atoms with Crippen molar-refractivity contribution in [1.29, 1.82) is 0 Å². The number of carbonyl (C=O) groups is 1. The number of amides is 1. The molecule has 1 rings (SSSR count). The first-order valence-electron chi connectivity index (χ1n) is 5.70. The molecule has 0 saturated heterocycles. The van der Waals surface area contributed by atoms with Gasteiger partial charge in [-0.25, -0.2) is 4.79 Å². The van der Waals surface area contributed by atoms with E-state index in [2.05, 4.69) is 5.32 Å². The summed E-state index contributed by atoms with van der Waals surface area (Å²) in [5, 5.41) is 2.40. The normalized spacial score (nSPS) is 15.5. The number of benzene rings is 1. The summed E-state index contributed by atoms with van der Waals surface area (Å²) in [5.41, 5.74) is 0.865. The van der Waals surface area contributed by atoms with Crippen molar-refractivity contribution in [3.63, 3.8) is 0 Å². The molecule has 18 heavy (non-hydrogen) atoms. The van der Waals surface area contributed by atoms with Gasteiger partial charge in [-0.3, -0.25) is 4.57 Å². The molecule has 2 N–H and O–H groups in total. The molecule has 2 atom stereocenters. The first-order chi connectivity index (χ1) is 8.43. The Bertz CT molecular complexity index is 429. The van der Waals surface area contributed by atoms with Gasteiger partial charge in [-0.1, -0.05) is 37.3 Å². The molecule has 1 aromatic rings. The summed E-state index contributed by atoms with van der Waals surface area (Å²) in [6.45, 7) is 3.09. The molecule has 1 amide bonds. The van der Waals surface area contributed by atoms with Crippen molar-refractivity contribution in [2.24, 2.45) is 0 Å². The molecule has 2 unspecified atom stereocenters. The largest absolute Gasteiger partial charge is 0.445 e. The van der Waals surface area contributed by atoms with Gasteiger partial charge in [0.25, 0.3) is 0 Å². The Morgan fingerprint density at radius 3 is 2.56 bits per heavy atom. The van der Waals surface area contributed by atoms with Crippen LogP contribution < -0.4 is 5.32 Å². The van der Waals surface area contributed by atoms with Crippen molar-refractivity contribution in [2.75, 3.05) is 6.66 Å². The zero-order valence-electron chi connectivity index (χ0n) is 10.5. The summed E-state index contributed by atoms with van der Waals surface area (Å²) in [7, 11) is -3.34. The van der Waals surface area contributed by atoms with Crippen molar-refractivity contribution in [1.82, 2.24) is 5.32 Å². The predicted molar refractivity (Wildman–Crippen MR) is 69.6 cm³/mol. The van der Waals surface area contributed by atoms with Gasteiger partial charge in [-0.05, 0) is 12.0 Å². The Kier molecular flexibility index (Phi) is 5.38. The van der Waals surface area contributed by atoms with Crippen LogP contribution in [0.2, 0.25) is 0 Å². The smallest absolute Gasteiger partial charge is 0.408 e. The van der Waals surface area contributed by atoms with E-state index in [9.17, 15) is 14.3 Å². The van der Waals surface area contributed by atoms with E-state index in [1.54, 1.807) is 6.92 Å². The van der Waals surface area contributed by atoms with Crippen LogP contribution in [0.5, 0.6) is 0 Å². The first kappa shape index (κ1) is 14.7. The number of rotatable bonds is 5. The highest BCUT2D eigenvalue weighted by Gasteiger charge is 2.25. The zero-order chi connectivity index (χ0) is 13.6. The second kappa shape index (κ2) is 6.57. The second-order valence-electron chi connectivity index (χ2n) is 4.07. The molecule has 0 heterocycles. The van der Waals surface area contributed by atoms with Crippen LogP contribution in [0.15, 0.2) is 30.3 Å². The number of nitrogens with one attached hydrogen (secondary N) is 1. The Morgan fingerprint density at radius 1 is 1.44 bits per heavy atom. The molecule has 6 heteroatoms. The van der Waals surface area contributed by atoms with Gasteiger partial charge in [0.1, 0.15) is 12.4 Å². The lowest BCUT2D eigenvalue weighted by Gasteiger charge is -2.19. The Morgan fingerprint density at radius 2 is 2.06 bits per heavy atom. The van der Waals surface area contributed by atoms with Gasteiger partial charge in [0.2, 0.25) is 7.37 Å². The molecule has 0 spiro atoms. The Hall–Kier alpha value is -1.32. The summed E-state index contributed by atoms with van der Waals surface area (Å²) in [4.78, 5) is 20.9. The van der Waals surface area contributed by atoms with E-state index in [1.807, 2.05) is 30.3 Å². The summed E-state index contributed by atoms with van der Waals surface area (Å²) < 4.78 is 16.4. The van der Waals surface area contributed by atoms with Crippen molar-refractivity contribution >= 4 is 13.5 Å². The lowest BCUT2D eigenvalue weighted by Crippen LogP contribution is -2.34. The van der Waals surface area contributed by atoms with Crippen LogP contribution in [-0.4, -0.2) is 23.4 Å². The molecule has 0 aliphatic carbocycles. The molecule has 0 saturated carbocycles. The van der Waals surface area contributed by atoms with Crippen LogP contribution >= 0.6 is 7.37 Å². The quantitative estimate of drug-likeness (QED) is 0.807. The Balaban J connectivity index is 2.45. The minimum atomic E-state index is -3.34. The number of hydrogen-bond donors (Lipinski definition) is 2. The third-order valence-electron chi connectivity index (χ3n) is 2.46. The van der Waals surface area contributed by atoms with Crippen LogP contribution in [0.25, 0.3) is 0 Å². The minimum Gasteiger partial charge on any atom is -0.445 e. The fourth-order valence-electron chi connectivity index (χ4n) is 1.46. The summed E-state index contributed by atoms with van der Waals surface area (Å²) in [6.07, 6.45) is -0.299. The molecular formula is C12H18NO4P. The fraction of sp³-hybridized carbons (Fsp3) is 0.417. The third-order valence-corrected chi connectivity index (χ3v) is 4.11. The van der Waals surface area contributed by atoms with Crippen LogP contribution in [0.4, 0.5) is 4.79 Å². The Labute approximate surface area is 107 Å². The molecule has 0 aliphatic rings. The van der Waals surface area contributed by atoms with Gasteiger partial charge in [-0.2, -0.15) is 0 Å². The topological polar surface area (TPSA) is 75.6 Å². The molecular weight excluding hydrogens is 253 g/mol. The number of alkyl carbamates (subject to hydrolysis) is 1. The maximum absolute atomic E-state index is 11.5. The van der Waals surface area contributed by atoms with Gasteiger partial charge in [0, 0.05) is 6.66 Å². The van der Waals surface area contributed by atoms with Gasteiger partial charge >= 0.3 is 6.09 Å². The van der Waals surface area contributed by atoms with E-state index in [0.717, 1.165) is 5.56 Å². The highest BCUT2D eigenvalue weighted by Crippen LogP contribution is 2.41.